The third kappa shape index (κ3) is 6.97. The smallest absolute Gasteiger partial charge is 0.411 e. The van der Waals surface area contributed by atoms with Crippen LogP contribution in [0.15, 0.2) is 18.2 Å². The summed E-state index contributed by atoms with van der Waals surface area (Å²) in [5.41, 5.74) is 6.19. The molecular weight excluding hydrogens is 266 g/mol. The lowest BCUT2D eigenvalue weighted by atomic mass is 10.1. The van der Waals surface area contributed by atoms with Crippen molar-refractivity contribution in [1.29, 1.82) is 0 Å². The maximum absolute atomic E-state index is 13.2. The Morgan fingerprint density at radius 1 is 1.26 bits per heavy atom. The first-order valence-corrected chi connectivity index (χ1v) is 5.58. The highest BCUT2D eigenvalue weighted by Gasteiger charge is 2.27. The minimum absolute atomic E-state index is 0.109. The fourth-order valence-corrected chi connectivity index (χ4v) is 1.46. The maximum Gasteiger partial charge on any atom is 0.411 e. The molecule has 0 amide bonds. The number of alkyl halides is 3. The first kappa shape index (κ1) is 15.7. The highest BCUT2D eigenvalue weighted by atomic mass is 19.4. The normalized spacial score (nSPS) is 13.4. The first-order chi connectivity index (χ1) is 8.76. The average molecular weight is 281 g/mol. The van der Waals surface area contributed by atoms with Crippen molar-refractivity contribution < 1.29 is 27.0 Å². The summed E-state index contributed by atoms with van der Waals surface area (Å²) < 4.78 is 57.8. The Kier molecular flexibility index (Phi) is 5.56. The van der Waals surface area contributed by atoms with Gasteiger partial charge in [0.15, 0.2) is 6.79 Å². The molecule has 3 nitrogen and oxygen atoms in total. The molecular formula is C12H15F4NO2. The van der Waals surface area contributed by atoms with Gasteiger partial charge in [-0.2, -0.15) is 13.2 Å². The molecule has 1 aromatic carbocycles. The molecule has 0 aliphatic heterocycles. The van der Waals surface area contributed by atoms with Crippen LogP contribution in [0.2, 0.25) is 0 Å². The summed E-state index contributed by atoms with van der Waals surface area (Å²) in [5.74, 6) is -0.429. The molecule has 0 saturated carbocycles. The minimum Gasteiger partial charge on any atom is -0.467 e. The molecule has 0 heterocycles. The number of hydrogen-bond acceptors (Lipinski definition) is 3. The second-order valence-corrected chi connectivity index (χ2v) is 4.20. The van der Waals surface area contributed by atoms with Crippen LogP contribution in [0.4, 0.5) is 17.6 Å². The lowest BCUT2D eigenvalue weighted by Crippen LogP contribution is -2.19. The van der Waals surface area contributed by atoms with Crippen LogP contribution in [0, 0.1) is 5.82 Å². The molecule has 0 fully saturated rings. The van der Waals surface area contributed by atoms with Gasteiger partial charge in [0.05, 0.1) is 0 Å². The molecule has 0 radical (unpaired) electrons. The molecule has 0 aliphatic carbocycles. The molecule has 19 heavy (non-hydrogen) atoms. The molecule has 2 N–H and O–H groups in total. The van der Waals surface area contributed by atoms with Crippen molar-refractivity contribution in [2.24, 2.45) is 5.73 Å². The standard InChI is InChI=1S/C12H15F4NO2/c1-8(17)2-9-3-10(13)5-11(4-9)19-7-18-6-12(14,15)16/h3-5,8H,2,6-7,17H2,1H3. The van der Waals surface area contributed by atoms with Crippen LogP contribution in [0.25, 0.3) is 0 Å². The van der Waals surface area contributed by atoms with E-state index in [9.17, 15) is 17.6 Å². The quantitative estimate of drug-likeness (QED) is 0.495. The van der Waals surface area contributed by atoms with E-state index in [2.05, 4.69) is 4.74 Å². The van der Waals surface area contributed by atoms with Crippen molar-refractivity contribution in [3.8, 4) is 5.75 Å². The Labute approximate surface area is 108 Å². The molecule has 1 atom stereocenters. The third-order valence-electron chi connectivity index (χ3n) is 2.06. The van der Waals surface area contributed by atoms with E-state index >= 15 is 0 Å². The number of ether oxygens (including phenoxy) is 2. The highest BCUT2D eigenvalue weighted by molar-refractivity contribution is 5.30. The van der Waals surface area contributed by atoms with E-state index in [-0.39, 0.29) is 11.8 Å². The second kappa shape index (κ2) is 6.72. The van der Waals surface area contributed by atoms with Crippen molar-refractivity contribution in [2.75, 3.05) is 13.4 Å². The fourth-order valence-electron chi connectivity index (χ4n) is 1.46. The van der Waals surface area contributed by atoms with Crippen LogP contribution >= 0.6 is 0 Å². The van der Waals surface area contributed by atoms with Gasteiger partial charge >= 0.3 is 6.18 Å². The lowest BCUT2D eigenvalue weighted by molar-refractivity contribution is -0.186. The first-order valence-electron chi connectivity index (χ1n) is 5.58. The molecule has 1 unspecified atom stereocenters. The molecule has 0 bridgehead atoms. The summed E-state index contributed by atoms with van der Waals surface area (Å²) in [4.78, 5) is 0. The third-order valence-corrected chi connectivity index (χ3v) is 2.06. The second-order valence-electron chi connectivity index (χ2n) is 4.20. The molecule has 1 rings (SSSR count). The zero-order valence-electron chi connectivity index (χ0n) is 10.3. The molecule has 7 heteroatoms. The summed E-state index contributed by atoms with van der Waals surface area (Å²) in [6.45, 7) is -0.243. The number of benzene rings is 1. The Bertz CT molecular complexity index is 407. The van der Waals surface area contributed by atoms with E-state index in [1.54, 1.807) is 6.92 Å². The van der Waals surface area contributed by atoms with E-state index < -0.39 is 25.4 Å². The Hall–Kier alpha value is -1.34. The Morgan fingerprint density at radius 3 is 2.53 bits per heavy atom. The molecule has 1 aromatic rings. The van der Waals surface area contributed by atoms with Crippen molar-refractivity contribution in [2.45, 2.75) is 25.6 Å². The summed E-state index contributed by atoms with van der Waals surface area (Å²) >= 11 is 0. The van der Waals surface area contributed by atoms with E-state index in [4.69, 9.17) is 10.5 Å². The molecule has 0 aliphatic rings. The summed E-state index contributed by atoms with van der Waals surface area (Å²) in [6, 6.07) is 3.73. The van der Waals surface area contributed by atoms with E-state index in [0.717, 1.165) is 6.07 Å². The Morgan fingerprint density at radius 2 is 1.95 bits per heavy atom. The predicted octanol–water partition coefficient (Wildman–Crippen LogP) is 2.63. The van der Waals surface area contributed by atoms with Gasteiger partial charge in [0.25, 0.3) is 0 Å². The van der Waals surface area contributed by atoms with Gasteiger partial charge in [-0.3, -0.25) is 0 Å². The van der Waals surface area contributed by atoms with Gasteiger partial charge in [0.1, 0.15) is 18.2 Å². The average Bonchev–Trinajstić information content (AvgIpc) is 2.21. The maximum atomic E-state index is 13.2. The van der Waals surface area contributed by atoms with Gasteiger partial charge in [-0.05, 0) is 31.0 Å². The highest BCUT2D eigenvalue weighted by Crippen LogP contribution is 2.18. The SMILES string of the molecule is CC(N)Cc1cc(F)cc(OCOCC(F)(F)F)c1. The van der Waals surface area contributed by atoms with Gasteiger partial charge in [-0.25, -0.2) is 4.39 Å². The summed E-state index contributed by atoms with van der Waals surface area (Å²) in [6.07, 6.45) is -3.97. The lowest BCUT2D eigenvalue weighted by Gasteiger charge is -2.11. The monoisotopic (exact) mass is 281 g/mol. The minimum atomic E-state index is -4.41. The van der Waals surface area contributed by atoms with Crippen LogP contribution in [0.3, 0.4) is 0 Å². The number of nitrogens with two attached hydrogens (primary N) is 1. The summed E-state index contributed by atoms with van der Waals surface area (Å²) in [7, 11) is 0. The zero-order valence-corrected chi connectivity index (χ0v) is 10.3. The molecule has 0 saturated heterocycles. The zero-order chi connectivity index (χ0) is 14.5. The Balaban J connectivity index is 2.51. The van der Waals surface area contributed by atoms with Crippen molar-refractivity contribution >= 4 is 0 Å². The van der Waals surface area contributed by atoms with Crippen LogP contribution < -0.4 is 10.5 Å². The van der Waals surface area contributed by atoms with Crippen LogP contribution in [0.1, 0.15) is 12.5 Å². The van der Waals surface area contributed by atoms with Gasteiger partial charge < -0.3 is 15.2 Å². The number of halogens is 4. The molecule has 0 aromatic heterocycles. The number of rotatable bonds is 6. The van der Waals surface area contributed by atoms with Gasteiger partial charge in [-0.1, -0.05) is 0 Å². The molecule has 0 spiro atoms. The van der Waals surface area contributed by atoms with E-state index in [1.165, 1.54) is 12.1 Å². The van der Waals surface area contributed by atoms with Crippen molar-refractivity contribution in [3.63, 3.8) is 0 Å². The van der Waals surface area contributed by atoms with Crippen LogP contribution in [-0.2, 0) is 11.2 Å². The predicted molar refractivity (Wildman–Crippen MR) is 61.3 cm³/mol. The van der Waals surface area contributed by atoms with E-state index in [0.29, 0.717) is 12.0 Å². The van der Waals surface area contributed by atoms with Crippen LogP contribution in [-0.4, -0.2) is 25.6 Å². The topological polar surface area (TPSA) is 44.5 Å². The number of hydrogen-bond donors (Lipinski definition) is 1. The van der Waals surface area contributed by atoms with Crippen molar-refractivity contribution in [1.82, 2.24) is 0 Å². The fraction of sp³-hybridized carbons (Fsp3) is 0.500. The van der Waals surface area contributed by atoms with Gasteiger partial charge in [0, 0.05) is 12.1 Å². The van der Waals surface area contributed by atoms with Gasteiger partial charge in [-0.15, -0.1) is 0 Å². The van der Waals surface area contributed by atoms with Gasteiger partial charge in [0.2, 0.25) is 0 Å². The van der Waals surface area contributed by atoms with E-state index in [1.807, 2.05) is 0 Å². The molecule has 108 valence electrons. The summed E-state index contributed by atoms with van der Waals surface area (Å²) in [5, 5.41) is 0. The van der Waals surface area contributed by atoms with Crippen molar-refractivity contribution in [3.05, 3.63) is 29.6 Å². The van der Waals surface area contributed by atoms with Crippen LogP contribution in [0.5, 0.6) is 5.75 Å². The largest absolute Gasteiger partial charge is 0.467 e.